The van der Waals surface area contributed by atoms with Gasteiger partial charge in [-0.15, -0.1) is 0 Å². The van der Waals surface area contributed by atoms with Crippen molar-refractivity contribution < 1.29 is 60.7 Å². The third-order valence-corrected chi connectivity index (χ3v) is 13.5. The Balaban J connectivity index is 0.797. The number of nitrogens with one attached hydrogen (secondary N) is 6. The normalized spacial score (nSPS) is 17.5. The fourth-order valence-electron chi connectivity index (χ4n) is 7.33. The summed E-state index contributed by atoms with van der Waals surface area (Å²) in [5.74, 6) is 4.96. The van der Waals surface area contributed by atoms with Gasteiger partial charge in [0.15, 0.2) is 5.25 Å². The third-order valence-electron chi connectivity index (χ3n) is 10.9. The monoisotopic (exact) mass is 971 g/mol. The first-order valence-electron chi connectivity index (χ1n) is 22.4. The van der Waals surface area contributed by atoms with Gasteiger partial charge in [-0.1, -0.05) is 48.6 Å². The van der Waals surface area contributed by atoms with E-state index in [-0.39, 0.29) is 114 Å². The summed E-state index contributed by atoms with van der Waals surface area (Å²) in [4.78, 5) is 76.0. The number of hydrogen-bond donors (Lipinski definition) is 7. The van der Waals surface area contributed by atoms with Crippen LogP contribution in [0.4, 0.5) is 10.5 Å². The lowest BCUT2D eigenvalue weighted by Gasteiger charge is -2.26. The van der Waals surface area contributed by atoms with E-state index in [2.05, 4.69) is 43.7 Å². The number of carbonyl (C=O) groups is 6. The van der Waals surface area contributed by atoms with E-state index in [0.717, 1.165) is 41.0 Å². The Labute approximate surface area is 395 Å². The molecule has 0 saturated carbocycles. The zero-order chi connectivity index (χ0) is 47.9. The molecule has 0 aliphatic carbocycles. The van der Waals surface area contributed by atoms with Gasteiger partial charge in [0, 0.05) is 74.0 Å². The molecule has 2 fully saturated rings. The first-order chi connectivity index (χ1) is 32.4. The molecule has 22 heteroatoms. The second-order valence-corrected chi connectivity index (χ2v) is 18.6. The van der Waals surface area contributed by atoms with Crippen molar-refractivity contribution in [2.45, 2.75) is 74.1 Å². The number of urea groups is 1. The molecule has 0 radical (unpaired) electrons. The molecule has 7 N–H and O–H groups in total. The first-order valence-corrected chi connectivity index (χ1v) is 25.0. The summed E-state index contributed by atoms with van der Waals surface area (Å²) in [6.45, 7) is 1.82. The second-order valence-electron chi connectivity index (χ2n) is 15.8. The molecule has 3 aliphatic rings. The lowest BCUT2D eigenvalue weighted by atomic mass is 10.0. The molecule has 3 heterocycles. The zero-order valence-electron chi connectivity index (χ0n) is 37.4. The first kappa shape index (κ1) is 52.7. The van der Waals surface area contributed by atoms with Crippen LogP contribution in [0.1, 0.15) is 61.6 Å². The highest BCUT2D eigenvalue weighted by molar-refractivity contribution is 8.00. The molecule has 366 valence electrons. The van der Waals surface area contributed by atoms with Crippen LogP contribution < -0.4 is 36.8 Å². The van der Waals surface area contributed by atoms with Gasteiger partial charge in [-0.05, 0) is 36.6 Å². The molecule has 4 atom stereocenters. The van der Waals surface area contributed by atoms with Crippen LogP contribution in [0, 0.1) is 11.8 Å². The Morgan fingerprint density at radius 2 is 1.33 bits per heavy atom. The Morgan fingerprint density at radius 1 is 0.716 bits per heavy atom. The number of hydrogen-bond acceptors (Lipinski definition) is 13. The number of anilines is 1. The van der Waals surface area contributed by atoms with E-state index >= 15 is 0 Å². The number of para-hydroxylation sites is 1. The second kappa shape index (κ2) is 28.1. The van der Waals surface area contributed by atoms with E-state index in [1.54, 1.807) is 16.7 Å². The standard InChI is InChI=1S/C45H61N7O13S2/c53-39(12-6-5-11-37-43-35(31-66-37)50-45(58)51-43)46-18-19-48-44(57)38(67(59,60)61)29-49-41(55)17-21-62-23-25-64-27-28-65-26-24-63-22-20-47-40(54)15-16-42(56)52-30-34-9-2-1-7-32(34)13-14-33-8-3-4-10-36(33)52/h1-4,7-10,35,37-38,43H,5-6,11-12,15-31H2,(H,46,53)(H,47,54)(H,48,57)(H,49,55)(H2,50,51,58)(H,59,60,61)/t35-,37-,38?,43-/m0/s1. The minimum absolute atomic E-state index is 0.000637. The predicted octanol–water partition coefficient (Wildman–Crippen LogP) is 0.617. The molecular formula is C45H61N7O13S2. The van der Waals surface area contributed by atoms with Gasteiger partial charge in [0.05, 0.1) is 77.2 Å². The number of benzene rings is 2. The SMILES string of the molecule is O=C(CCCC[C@@H]1SC[C@@H]2NC(=O)N[C@@H]21)NCCNC(=O)C(CNC(=O)CCOCCOCCOCCOCCNC(=O)CCC(=O)N1Cc2ccccc2C#Cc2ccccc21)S(=O)(=O)O. The van der Waals surface area contributed by atoms with E-state index in [1.165, 1.54) is 0 Å². The van der Waals surface area contributed by atoms with Crippen molar-refractivity contribution >= 4 is 63.1 Å². The van der Waals surface area contributed by atoms with Crippen LogP contribution >= 0.6 is 11.8 Å². The van der Waals surface area contributed by atoms with Gasteiger partial charge in [0.1, 0.15) is 0 Å². The highest BCUT2D eigenvalue weighted by Crippen LogP contribution is 2.33. The van der Waals surface area contributed by atoms with Gasteiger partial charge in [0.2, 0.25) is 29.5 Å². The van der Waals surface area contributed by atoms with Crippen molar-refractivity contribution in [2.24, 2.45) is 0 Å². The van der Waals surface area contributed by atoms with E-state index in [9.17, 15) is 41.7 Å². The maximum Gasteiger partial charge on any atom is 0.315 e. The van der Waals surface area contributed by atoms with Crippen molar-refractivity contribution in [1.82, 2.24) is 31.9 Å². The molecular weight excluding hydrogens is 911 g/mol. The minimum atomic E-state index is -4.85. The maximum atomic E-state index is 13.3. The maximum absolute atomic E-state index is 13.3. The van der Waals surface area contributed by atoms with E-state index in [0.29, 0.717) is 38.0 Å². The van der Waals surface area contributed by atoms with Crippen LogP contribution in [0.3, 0.4) is 0 Å². The van der Waals surface area contributed by atoms with E-state index in [4.69, 9.17) is 18.9 Å². The number of amides is 7. The smallest absolute Gasteiger partial charge is 0.315 e. The summed E-state index contributed by atoms with van der Waals surface area (Å²) in [6.07, 6.45) is 2.56. The predicted molar refractivity (Wildman–Crippen MR) is 249 cm³/mol. The third kappa shape index (κ3) is 18.4. The molecule has 1 unspecified atom stereocenters. The summed E-state index contributed by atoms with van der Waals surface area (Å²) in [5, 5.41) is 14.3. The molecule has 5 rings (SSSR count). The molecule has 2 aromatic carbocycles. The van der Waals surface area contributed by atoms with Crippen LogP contribution in [-0.4, -0.2) is 156 Å². The minimum Gasteiger partial charge on any atom is -0.379 e. The summed E-state index contributed by atoms with van der Waals surface area (Å²) in [7, 11) is -4.85. The number of rotatable bonds is 30. The molecule has 20 nitrogen and oxygen atoms in total. The van der Waals surface area contributed by atoms with Gasteiger partial charge < -0.3 is 55.7 Å². The lowest BCUT2D eigenvalue weighted by Crippen LogP contribution is -2.48. The van der Waals surface area contributed by atoms with Crippen LogP contribution in [0.2, 0.25) is 0 Å². The van der Waals surface area contributed by atoms with E-state index < -0.39 is 33.7 Å². The zero-order valence-corrected chi connectivity index (χ0v) is 39.0. The van der Waals surface area contributed by atoms with Crippen molar-refractivity contribution in [1.29, 1.82) is 0 Å². The van der Waals surface area contributed by atoms with Crippen molar-refractivity contribution in [3.63, 3.8) is 0 Å². The molecule has 2 aromatic rings. The van der Waals surface area contributed by atoms with Crippen LogP contribution in [-0.2, 0) is 59.6 Å². The summed E-state index contributed by atoms with van der Waals surface area (Å²) in [5.41, 5.74) is 3.28. The Kier molecular flexibility index (Phi) is 22.1. The number of thioether (sulfide) groups is 1. The number of nitrogens with zero attached hydrogens (tertiary/aromatic N) is 1. The van der Waals surface area contributed by atoms with E-state index in [1.807, 2.05) is 48.5 Å². The Bertz CT molecular complexity index is 2170. The summed E-state index contributed by atoms with van der Waals surface area (Å²) >= 11 is 1.81. The Morgan fingerprint density at radius 3 is 2.07 bits per heavy atom. The summed E-state index contributed by atoms with van der Waals surface area (Å²) < 4.78 is 55.1. The van der Waals surface area contributed by atoms with Crippen LogP contribution in [0.25, 0.3) is 0 Å². The van der Waals surface area contributed by atoms with Gasteiger partial charge >= 0.3 is 6.03 Å². The highest BCUT2D eigenvalue weighted by atomic mass is 32.2. The summed E-state index contributed by atoms with van der Waals surface area (Å²) in [6, 6.07) is 15.3. The largest absolute Gasteiger partial charge is 0.379 e. The number of fused-ring (bicyclic) bond motifs is 3. The average Bonchev–Trinajstić information content (AvgIpc) is 3.86. The molecule has 0 aromatic heterocycles. The van der Waals surface area contributed by atoms with Gasteiger partial charge in [0.25, 0.3) is 10.1 Å². The van der Waals surface area contributed by atoms with Crippen LogP contribution in [0.5, 0.6) is 0 Å². The number of unbranched alkanes of at least 4 members (excludes halogenated alkanes) is 1. The number of carbonyl (C=O) groups excluding carboxylic acids is 6. The number of ether oxygens (including phenoxy) is 4. The average molecular weight is 972 g/mol. The van der Waals surface area contributed by atoms with Crippen molar-refractivity contribution in [3.05, 3.63) is 65.2 Å². The highest BCUT2D eigenvalue weighted by Gasteiger charge is 2.42. The lowest BCUT2D eigenvalue weighted by molar-refractivity contribution is -0.125. The van der Waals surface area contributed by atoms with Gasteiger partial charge in [-0.25, -0.2) is 4.79 Å². The fraction of sp³-hybridized carbons (Fsp3) is 0.556. The molecule has 3 aliphatic heterocycles. The van der Waals surface area contributed by atoms with Crippen LogP contribution in [0.15, 0.2) is 48.5 Å². The quantitative estimate of drug-likeness (QED) is 0.0245. The fourth-order valence-corrected chi connectivity index (χ4v) is 9.52. The topological polar surface area (TPSA) is 269 Å². The molecule has 67 heavy (non-hydrogen) atoms. The van der Waals surface area contributed by atoms with Gasteiger partial charge in [-0.3, -0.25) is 28.5 Å². The molecule has 0 spiro atoms. The Hall–Kier alpha value is -5.28. The molecule has 2 saturated heterocycles. The van der Waals surface area contributed by atoms with Gasteiger partial charge in [-0.2, -0.15) is 20.2 Å². The van der Waals surface area contributed by atoms with Crippen molar-refractivity contribution in [2.75, 3.05) is 89.7 Å². The molecule has 0 bridgehead atoms. The molecule has 7 amide bonds. The van der Waals surface area contributed by atoms with Crippen molar-refractivity contribution in [3.8, 4) is 11.8 Å².